The van der Waals surface area contributed by atoms with Crippen LogP contribution < -0.4 is 14.8 Å². The molecule has 1 N–H and O–H groups in total. The van der Waals surface area contributed by atoms with Gasteiger partial charge in [-0.3, -0.25) is 9.59 Å². The maximum absolute atomic E-state index is 11.9. The minimum atomic E-state index is -0.616. The van der Waals surface area contributed by atoms with Crippen molar-refractivity contribution in [2.24, 2.45) is 0 Å². The number of rotatable bonds is 7. The van der Waals surface area contributed by atoms with Gasteiger partial charge in [-0.25, -0.2) is 4.79 Å². The molecule has 7 nitrogen and oxygen atoms in total. The lowest BCUT2D eigenvalue weighted by atomic mass is 10.1. The quantitative estimate of drug-likeness (QED) is 0.577. The summed E-state index contributed by atoms with van der Waals surface area (Å²) in [6, 6.07) is 8.75. The van der Waals surface area contributed by atoms with Crippen molar-refractivity contribution in [3.8, 4) is 11.5 Å². The Morgan fingerprint density at radius 3 is 2.56 bits per heavy atom. The van der Waals surface area contributed by atoms with Gasteiger partial charge in [0.05, 0.1) is 4.88 Å². The van der Waals surface area contributed by atoms with Gasteiger partial charge >= 0.3 is 5.97 Å². The zero-order chi connectivity index (χ0) is 19.2. The highest BCUT2D eigenvalue weighted by molar-refractivity contribution is 7.15. The van der Waals surface area contributed by atoms with E-state index in [4.69, 9.17) is 14.2 Å². The zero-order valence-electron chi connectivity index (χ0n) is 14.8. The Bertz CT molecular complexity index is 860. The lowest BCUT2D eigenvalue weighted by molar-refractivity contribution is -0.124. The van der Waals surface area contributed by atoms with Gasteiger partial charge in [0.15, 0.2) is 23.9 Å². The van der Waals surface area contributed by atoms with E-state index >= 15 is 0 Å². The average molecular weight is 389 g/mol. The second-order valence-electron chi connectivity index (χ2n) is 5.87. The molecule has 2 heterocycles. The predicted molar refractivity (Wildman–Crippen MR) is 98.8 cm³/mol. The molecule has 0 fully saturated rings. The van der Waals surface area contributed by atoms with Gasteiger partial charge in [0.1, 0.15) is 18.1 Å². The van der Waals surface area contributed by atoms with Crippen LogP contribution in [0, 0.1) is 0 Å². The average Bonchev–Trinajstić information content (AvgIpc) is 3.17. The number of benzene rings is 1. The van der Waals surface area contributed by atoms with Crippen molar-refractivity contribution in [2.75, 3.05) is 26.4 Å². The minimum absolute atomic E-state index is 0.115. The molecule has 0 unspecified atom stereocenters. The molecule has 1 aliphatic rings. The smallest absolute Gasteiger partial charge is 0.348 e. The molecule has 27 heavy (non-hydrogen) atoms. The molecule has 0 aliphatic carbocycles. The highest BCUT2D eigenvalue weighted by Gasteiger charge is 2.15. The van der Waals surface area contributed by atoms with Crippen molar-refractivity contribution in [1.29, 1.82) is 0 Å². The number of amides is 1. The van der Waals surface area contributed by atoms with Crippen LogP contribution in [-0.4, -0.2) is 44.0 Å². The van der Waals surface area contributed by atoms with E-state index in [2.05, 4.69) is 5.32 Å². The molecule has 0 bridgehead atoms. The summed E-state index contributed by atoms with van der Waals surface area (Å²) in [4.78, 5) is 35.7. The fourth-order valence-electron chi connectivity index (χ4n) is 2.48. The minimum Gasteiger partial charge on any atom is -0.486 e. The molecule has 0 saturated carbocycles. The molecule has 142 valence electrons. The summed E-state index contributed by atoms with van der Waals surface area (Å²) in [6.07, 6.45) is 0.614. The summed E-state index contributed by atoms with van der Waals surface area (Å²) >= 11 is 1.05. The number of nitrogens with one attached hydrogen (secondary N) is 1. The van der Waals surface area contributed by atoms with E-state index in [-0.39, 0.29) is 18.3 Å². The van der Waals surface area contributed by atoms with E-state index in [9.17, 15) is 14.4 Å². The van der Waals surface area contributed by atoms with Crippen molar-refractivity contribution < 1.29 is 28.6 Å². The molecule has 1 aromatic carbocycles. The van der Waals surface area contributed by atoms with Crippen LogP contribution in [0.2, 0.25) is 0 Å². The molecule has 1 aliphatic heterocycles. The fraction of sp³-hybridized carbons (Fsp3) is 0.316. The number of carbonyl (C=O) groups is 3. The first-order chi connectivity index (χ1) is 13.0. The third-order valence-electron chi connectivity index (χ3n) is 3.83. The maximum Gasteiger partial charge on any atom is 0.348 e. The van der Waals surface area contributed by atoms with Crippen molar-refractivity contribution in [3.05, 3.63) is 45.6 Å². The van der Waals surface area contributed by atoms with Crippen LogP contribution in [0.25, 0.3) is 0 Å². The molecular formula is C19H19NO6S. The van der Waals surface area contributed by atoms with Crippen LogP contribution >= 0.6 is 11.3 Å². The van der Waals surface area contributed by atoms with Crippen molar-refractivity contribution >= 4 is 29.0 Å². The Hall–Kier alpha value is -2.87. The van der Waals surface area contributed by atoms with Gasteiger partial charge in [-0.1, -0.05) is 6.07 Å². The lowest BCUT2D eigenvalue weighted by Crippen LogP contribution is -2.30. The summed E-state index contributed by atoms with van der Waals surface area (Å²) in [5.41, 5.74) is 1.01. The van der Waals surface area contributed by atoms with Crippen LogP contribution in [0.5, 0.6) is 11.5 Å². The first-order valence-electron chi connectivity index (χ1n) is 8.46. The molecular weight excluding hydrogens is 370 g/mol. The molecule has 0 radical (unpaired) electrons. The highest BCUT2D eigenvalue weighted by atomic mass is 32.1. The van der Waals surface area contributed by atoms with Gasteiger partial charge in [0.25, 0.3) is 5.91 Å². The highest BCUT2D eigenvalue weighted by Crippen LogP contribution is 2.30. The SMILES string of the molecule is CC(=O)c1ccc(C(=O)OCC(=O)NCCc2ccc3c(c2)OCCO3)s1. The van der Waals surface area contributed by atoms with E-state index in [0.717, 1.165) is 22.6 Å². The second-order valence-corrected chi connectivity index (χ2v) is 6.96. The number of hydrogen-bond acceptors (Lipinski definition) is 7. The summed E-state index contributed by atoms with van der Waals surface area (Å²) in [5.74, 6) is 0.317. The third kappa shape index (κ3) is 5.07. The Morgan fingerprint density at radius 2 is 1.81 bits per heavy atom. The second kappa shape index (κ2) is 8.68. The zero-order valence-corrected chi connectivity index (χ0v) is 15.6. The number of ketones is 1. The van der Waals surface area contributed by atoms with Crippen LogP contribution in [-0.2, 0) is 16.0 Å². The number of fused-ring (bicyclic) bond motifs is 1. The van der Waals surface area contributed by atoms with Crippen LogP contribution in [0.15, 0.2) is 30.3 Å². The molecule has 1 aromatic heterocycles. The van der Waals surface area contributed by atoms with Gasteiger partial charge in [-0.15, -0.1) is 11.3 Å². The number of thiophene rings is 1. The predicted octanol–water partition coefficient (Wildman–Crippen LogP) is 2.24. The molecule has 3 rings (SSSR count). The van der Waals surface area contributed by atoms with Crippen LogP contribution in [0.1, 0.15) is 31.8 Å². The molecule has 0 saturated heterocycles. The number of Topliss-reactive ketones (excluding diaryl/α,β-unsaturated/α-hetero) is 1. The van der Waals surface area contributed by atoms with Crippen molar-refractivity contribution in [2.45, 2.75) is 13.3 Å². The van der Waals surface area contributed by atoms with Gasteiger partial charge in [0.2, 0.25) is 0 Å². The first-order valence-corrected chi connectivity index (χ1v) is 9.27. The van der Waals surface area contributed by atoms with Gasteiger partial charge < -0.3 is 19.5 Å². The van der Waals surface area contributed by atoms with Gasteiger partial charge in [-0.2, -0.15) is 0 Å². The Morgan fingerprint density at radius 1 is 1.07 bits per heavy atom. The normalized spacial score (nSPS) is 12.3. The lowest BCUT2D eigenvalue weighted by Gasteiger charge is -2.18. The number of carbonyl (C=O) groups excluding carboxylic acids is 3. The fourth-order valence-corrected chi connectivity index (χ4v) is 3.27. The molecule has 0 spiro atoms. The number of hydrogen-bond donors (Lipinski definition) is 1. The molecule has 1 amide bonds. The number of esters is 1. The summed E-state index contributed by atoms with van der Waals surface area (Å²) in [7, 11) is 0. The van der Waals surface area contributed by atoms with E-state index in [1.54, 1.807) is 6.07 Å². The molecule has 2 aromatic rings. The van der Waals surface area contributed by atoms with Crippen LogP contribution in [0.3, 0.4) is 0 Å². The number of ether oxygens (including phenoxy) is 3. The summed E-state index contributed by atoms with van der Waals surface area (Å²) < 4.78 is 16.0. The van der Waals surface area contributed by atoms with E-state index in [1.807, 2.05) is 18.2 Å². The van der Waals surface area contributed by atoms with E-state index < -0.39 is 5.97 Å². The Balaban J connectivity index is 1.40. The molecule has 0 atom stereocenters. The van der Waals surface area contributed by atoms with E-state index in [0.29, 0.717) is 41.7 Å². The van der Waals surface area contributed by atoms with Gasteiger partial charge in [-0.05, 0) is 43.2 Å². The summed E-state index contributed by atoms with van der Waals surface area (Å²) in [5, 5.41) is 2.70. The Labute approximate surface area is 160 Å². The monoisotopic (exact) mass is 389 g/mol. The molecule has 8 heteroatoms. The largest absolute Gasteiger partial charge is 0.486 e. The standard InChI is InChI=1S/C19H19NO6S/c1-12(21)16-4-5-17(27-16)19(23)26-11-18(22)20-7-6-13-2-3-14-15(10-13)25-9-8-24-14/h2-5,10H,6-9,11H2,1H3,(H,20,22). The first kappa shape index (κ1) is 18.9. The van der Waals surface area contributed by atoms with Crippen molar-refractivity contribution in [1.82, 2.24) is 5.32 Å². The van der Waals surface area contributed by atoms with Crippen LogP contribution in [0.4, 0.5) is 0 Å². The topological polar surface area (TPSA) is 90.9 Å². The Kier molecular flexibility index (Phi) is 6.08. The van der Waals surface area contributed by atoms with Gasteiger partial charge in [0, 0.05) is 6.54 Å². The van der Waals surface area contributed by atoms with E-state index in [1.165, 1.54) is 13.0 Å². The summed E-state index contributed by atoms with van der Waals surface area (Å²) in [6.45, 7) is 2.53. The third-order valence-corrected chi connectivity index (χ3v) is 5.00. The maximum atomic E-state index is 11.9. The van der Waals surface area contributed by atoms with Crippen molar-refractivity contribution in [3.63, 3.8) is 0 Å².